The highest BCUT2D eigenvalue weighted by Gasteiger charge is 2.20. The number of hydrogen-bond donors (Lipinski definition) is 1. The Labute approximate surface area is 106 Å². The first-order valence-electron chi connectivity index (χ1n) is 5.40. The maximum Gasteiger partial charge on any atom is 0.253 e. The average Bonchev–Trinajstić information content (AvgIpc) is 2.65. The van der Waals surface area contributed by atoms with Crippen LogP contribution >= 0.6 is 0 Å². The van der Waals surface area contributed by atoms with Gasteiger partial charge in [-0.05, 0) is 19.9 Å². The monoisotopic (exact) mass is 274 g/mol. The van der Waals surface area contributed by atoms with E-state index in [1.807, 2.05) is 0 Å². The minimum absolute atomic E-state index is 0.0279. The molecule has 0 saturated carbocycles. The fourth-order valence-electron chi connectivity index (χ4n) is 1.68. The van der Waals surface area contributed by atoms with Crippen LogP contribution in [0, 0.1) is 37.4 Å². The van der Waals surface area contributed by atoms with Crippen molar-refractivity contribution in [3.8, 4) is 0 Å². The molecule has 0 aromatic carbocycles. The van der Waals surface area contributed by atoms with Gasteiger partial charge in [0.25, 0.3) is 11.9 Å². The predicted octanol–water partition coefficient (Wildman–Crippen LogP) is 3.46. The first-order chi connectivity index (χ1) is 8.90. The van der Waals surface area contributed by atoms with Gasteiger partial charge >= 0.3 is 0 Å². The van der Waals surface area contributed by atoms with Gasteiger partial charge in [0.2, 0.25) is 11.6 Å². The zero-order valence-electron chi connectivity index (χ0n) is 10.2. The summed E-state index contributed by atoms with van der Waals surface area (Å²) in [4.78, 5) is 2.47. The van der Waals surface area contributed by atoms with E-state index in [4.69, 9.17) is 4.42 Å². The highest BCUT2D eigenvalue weighted by atomic mass is 19.2. The molecule has 0 aliphatic heterocycles. The third kappa shape index (κ3) is 2.54. The molecule has 3 nitrogen and oxygen atoms in total. The van der Waals surface area contributed by atoms with Gasteiger partial charge in [0.1, 0.15) is 17.2 Å². The Hall–Kier alpha value is -2.05. The molecule has 0 aliphatic carbocycles. The van der Waals surface area contributed by atoms with Crippen LogP contribution in [0.2, 0.25) is 0 Å². The Bertz CT molecular complexity index is 598. The minimum Gasteiger partial charge on any atom is -0.466 e. The van der Waals surface area contributed by atoms with Crippen LogP contribution in [-0.2, 0) is 6.54 Å². The first kappa shape index (κ1) is 13.4. The zero-order valence-corrected chi connectivity index (χ0v) is 10.2. The summed E-state index contributed by atoms with van der Waals surface area (Å²) in [7, 11) is 0. The number of rotatable bonds is 3. The molecule has 7 heteroatoms. The predicted molar refractivity (Wildman–Crippen MR) is 59.6 cm³/mol. The number of halogens is 4. The maximum atomic E-state index is 13.3. The van der Waals surface area contributed by atoms with Crippen molar-refractivity contribution in [2.45, 2.75) is 20.4 Å². The van der Waals surface area contributed by atoms with Crippen molar-refractivity contribution < 1.29 is 22.0 Å². The molecule has 0 bridgehead atoms. The van der Waals surface area contributed by atoms with Gasteiger partial charge in [-0.3, -0.25) is 0 Å². The quantitative estimate of drug-likeness (QED) is 0.688. The summed E-state index contributed by atoms with van der Waals surface area (Å²) < 4.78 is 57.6. The van der Waals surface area contributed by atoms with Crippen LogP contribution < -0.4 is 5.32 Å². The van der Waals surface area contributed by atoms with Crippen LogP contribution in [0.25, 0.3) is 0 Å². The minimum atomic E-state index is -1.69. The van der Waals surface area contributed by atoms with Crippen LogP contribution in [-0.4, -0.2) is 4.98 Å². The molecule has 0 radical (unpaired) electrons. The number of hydrogen-bond acceptors (Lipinski definition) is 3. The normalized spacial score (nSPS) is 10.8. The Kier molecular flexibility index (Phi) is 3.46. The van der Waals surface area contributed by atoms with E-state index in [0.29, 0.717) is 17.1 Å². The summed E-state index contributed by atoms with van der Waals surface area (Å²) in [6.45, 7) is 3.35. The van der Waals surface area contributed by atoms with Gasteiger partial charge < -0.3 is 9.73 Å². The lowest BCUT2D eigenvalue weighted by Gasteiger charge is -2.08. The Morgan fingerprint density at radius 2 is 1.68 bits per heavy atom. The zero-order chi connectivity index (χ0) is 14.2. The van der Waals surface area contributed by atoms with Crippen molar-refractivity contribution in [1.82, 2.24) is 4.98 Å². The van der Waals surface area contributed by atoms with E-state index >= 15 is 0 Å². The highest BCUT2D eigenvalue weighted by Crippen LogP contribution is 2.23. The van der Waals surface area contributed by atoms with Crippen LogP contribution in [0.1, 0.15) is 17.1 Å². The molecule has 0 aliphatic rings. The van der Waals surface area contributed by atoms with Crippen LogP contribution in [0.15, 0.2) is 10.5 Å². The molecule has 2 heterocycles. The lowest BCUT2D eigenvalue weighted by molar-refractivity contribution is 0.410. The van der Waals surface area contributed by atoms with Crippen LogP contribution in [0.5, 0.6) is 0 Å². The number of anilines is 1. The standard InChI is InChI=1S/C12H10F4N2O/c1-5-3-7(6(2)19-5)4-17-10-8(13)11(15)18-12(16)9(10)14/h3H,4H2,1-2H3,(H,17,18). The summed E-state index contributed by atoms with van der Waals surface area (Å²) in [5.74, 6) is -5.32. The van der Waals surface area contributed by atoms with Crippen LogP contribution in [0.4, 0.5) is 23.2 Å². The molecule has 19 heavy (non-hydrogen) atoms. The van der Waals surface area contributed by atoms with Crippen molar-refractivity contribution in [1.29, 1.82) is 0 Å². The lowest BCUT2D eigenvalue weighted by Crippen LogP contribution is -2.09. The number of pyridine rings is 1. The van der Waals surface area contributed by atoms with Crippen molar-refractivity contribution in [3.63, 3.8) is 0 Å². The Balaban J connectivity index is 2.27. The maximum absolute atomic E-state index is 13.3. The number of aromatic nitrogens is 1. The summed E-state index contributed by atoms with van der Waals surface area (Å²) >= 11 is 0. The second kappa shape index (κ2) is 4.91. The van der Waals surface area contributed by atoms with E-state index in [1.54, 1.807) is 19.9 Å². The second-order valence-electron chi connectivity index (χ2n) is 3.99. The average molecular weight is 274 g/mol. The molecule has 1 N–H and O–H groups in total. The summed E-state index contributed by atoms with van der Waals surface area (Å²) in [6.07, 6.45) is 0. The van der Waals surface area contributed by atoms with E-state index in [9.17, 15) is 17.6 Å². The molecule has 0 atom stereocenters. The fourth-order valence-corrected chi connectivity index (χ4v) is 1.68. The molecule has 2 aromatic heterocycles. The van der Waals surface area contributed by atoms with Crippen molar-refractivity contribution in [3.05, 3.63) is 46.7 Å². The molecule has 0 unspecified atom stereocenters. The largest absolute Gasteiger partial charge is 0.466 e. The summed E-state index contributed by atoms with van der Waals surface area (Å²) in [5, 5.41) is 2.30. The Morgan fingerprint density at radius 3 is 2.16 bits per heavy atom. The number of nitrogens with zero attached hydrogens (tertiary/aromatic N) is 1. The van der Waals surface area contributed by atoms with Crippen molar-refractivity contribution in [2.24, 2.45) is 0 Å². The fraction of sp³-hybridized carbons (Fsp3) is 0.250. The molecule has 0 saturated heterocycles. The van der Waals surface area contributed by atoms with Gasteiger partial charge in [0, 0.05) is 12.1 Å². The van der Waals surface area contributed by atoms with E-state index in [-0.39, 0.29) is 6.54 Å². The van der Waals surface area contributed by atoms with Gasteiger partial charge in [-0.15, -0.1) is 0 Å². The van der Waals surface area contributed by atoms with Gasteiger partial charge in [0.05, 0.1) is 0 Å². The third-order valence-electron chi connectivity index (χ3n) is 2.60. The summed E-state index contributed by atoms with van der Waals surface area (Å²) in [5.41, 5.74) is -0.253. The number of furan rings is 1. The third-order valence-corrected chi connectivity index (χ3v) is 2.60. The number of aryl methyl sites for hydroxylation is 2. The molecule has 0 amide bonds. The van der Waals surface area contributed by atoms with Gasteiger partial charge in [0.15, 0.2) is 0 Å². The van der Waals surface area contributed by atoms with E-state index in [1.165, 1.54) is 0 Å². The van der Waals surface area contributed by atoms with Gasteiger partial charge in [-0.2, -0.15) is 22.5 Å². The van der Waals surface area contributed by atoms with Gasteiger partial charge in [-0.25, -0.2) is 0 Å². The molecular weight excluding hydrogens is 264 g/mol. The smallest absolute Gasteiger partial charge is 0.253 e. The molecule has 0 spiro atoms. The van der Waals surface area contributed by atoms with Crippen LogP contribution in [0.3, 0.4) is 0 Å². The molecule has 2 aromatic rings. The SMILES string of the molecule is Cc1cc(CNc2c(F)c(F)nc(F)c2F)c(C)o1. The molecule has 2 rings (SSSR count). The highest BCUT2D eigenvalue weighted by molar-refractivity contribution is 5.46. The molecule has 0 fully saturated rings. The summed E-state index contributed by atoms with van der Waals surface area (Å²) in [6, 6.07) is 1.66. The van der Waals surface area contributed by atoms with Crippen molar-refractivity contribution >= 4 is 5.69 Å². The van der Waals surface area contributed by atoms with Gasteiger partial charge in [-0.1, -0.05) is 0 Å². The topological polar surface area (TPSA) is 38.1 Å². The van der Waals surface area contributed by atoms with Crippen molar-refractivity contribution in [2.75, 3.05) is 5.32 Å². The second-order valence-corrected chi connectivity index (χ2v) is 3.99. The van der Waals surface area contributed by atoms with E-state index in [2.05, 4.69) is 10.3 Å². The number of nitrogens with one attached hydrogen (secondary N) is 1. The molecular formula is C12H10F4N2O. The first-order valence-corrected chi connectivity index (χ1v) is 5.40. The lowest BCUT2D eigenvalue weighted by atomic mass is 10.2. The van der Waals surface area contributed by atoms with E-state index < -0.39 is 29.2 Å². The molecule has 102 valence electrons. The van der Waals surface area contributed by atoms with E-state index in [0.717, 1.165) is 0 Å². The Morgan fingerprint density at radius 1 is 1.11 bits per heavy atom.